The van der Waals surface area contributed by atoms with Crippen molar-refractivity contribution in [3.05, 3.63) is 29.3 Å². The first-order chi connectivity index (χ1) is 9.77. The van der Waals surface area contributed by atoms with E-state index in [1.165, 1.54) is 12.3 Å². The molecule has 0 bridgehead atoms. The maximum absolute atomic E-state index is 12.3. The molecule has 0 heterocycles. The largest absolute Gasteiger partial charge is 0.384 e. The van der Waals surface area contributed by atoms with Gasteiger partial charge in [0.25, 0.3) is 0 Å². The van der Waals surface area contributed by atoms with E-state index in [0.29, 0.717) is 11.1 Å². The van der Waals surface area contributed by atoms with Crippen LogP contribution in [0.25, 0.3) is 0 Å². The molecule has 0 amide bonds. The number of nitrogens with one attached hydrogen (secondary N) is 1. The smallest absolute Gasteiger partial charge is 0.240 e. The Hall–Kier alpha value is -1.20. The molecule has 1 aromatic carbocycles. The van der Waals surface area contributed by atoms with Crippen LogP contribution >= 0.6 is 0 Å². The third-order valence-corrected chi connectivity index (χ3v) is 5.78. The van der Waals surface area contributed by atoms with Gasteiger partial charge in [-0.1, -0.05) is 17.9 Å². The molecule has 0 radical (unpaired) electrons. The molecule has 0 saturated heterocycles. The van der Waals surface area contributed by atoms with Gasteiger partial charge in [0.15, 0.2) is 0 Å². The average molecular weight is 329 g/mol. The predicted octanol–water partition coefficient (Wildman–Crippen LogP) is 0.384. The zero-order valence-corrected chi connectivity index (χ0v) is 13.8. The van der Waals surface area contributed by atoms with Crippen LogP contribution in [0.5, 0.6) is 0 Å². The lowest BCUT2D eigenvalue weighted by atomic mass is 10.1. The molecule has 1 rings (SSSR count). The van der Waals surface area contributed by atoms with Crippen molar-refractivity contribution in [1.29, 1.82) is 0 Å². The average Bonchev–Trinajstić information content (AvgIpc) is 2.43. The topological polar surface area (TPSA) is 83.5 Å². The highest BCUT2D eigenvalue weighted by Crippen LogP contribution is 2.16. The monoisotopic (exact) mass is 329 g/mol. The molecule has 0 aromatic heterocycles. The minimum atomic E-state index is -3.68. The molecule has 21 heavy (non-hydrogen) atoms. The molecule has 2 unspecified atom stereocenters. The van der Waals surface area contributed by atoms with E-state index in [9.17, 15) is 12.6 Å². The maximum Gasteiger partial charge on any atom is 0.240 e. The number of aryl methyl sites for hydroxylation is 1. The molecular formula is C14H19NO4S2. The van der Waals surface area contributed by atoms with Gasteiger partial charge in [0.2, 0.25) is 10.0 Å². The van der Waals surface area contributed by atoms with Crippen molar-refractivity contribution >= 4 is 20.8 Å². The molecule has 0 aliphatic carbocycles. The lowest BCUT2D eigenvalue weighted by molar-refractivity contribution is 0.350. The van der Waals surface area contributed by atoms with Gasteiger partial charge in [0, 0.05) is 34.4 Å². The van der Waals surface area contributed by atoms with Gasteiger partial charge < -0.3 is 5.11 Å². The lowest BCUT2D eigenvalue weighted by Crippen LogP contribution is -2.33. The fourth-order valence-corrected chi connectivity index (χ4v) is 3.35. The van der Waals surface area contributed by atoms with E-state index < -0.39 is 20.8 Å². The second kappa shape index (κ2) is 7.71. The molecule has 5 nitrogen and oxygen atoms in total. The van der Waals surface area contributed by atoms with Crippen LogP contribution in [0.2, 0.25) is 0 Å². The highest BCUT2D eigenvalue weighted by Gasteiger charge is 2.18. The van der Waals surface area contributed by atoms with Crippen LogP contribution in [0, 0.1) is 18.8 Å². The van der Waals surface area contributed by atoms with Gasteiger partial charge in [-0.2, -0.15) is 0 Å². The number of sulfonamides is 1. The Bertz CT molecular complexity index is 687. The van der Waals surface area contributed by atoms with Crippen LogP contribution in [0.1, 0.15) is 18.1 Å². The summed E-state index contributed by atoms with van der Waals surface area (Å²) >= 11 is 0. The van der Waals surface area contributed by atoms with E-state index in [4.69, 9.17) is 5.11 Å². The van der Waals surface area contributed by atoms with Gasteiger partial charge in [-0.3, -0.25) is 4.21 Å². The quantitative estimate of drug-likeness (QED) is 0.765. The maximum atomic E-state index is 12.3. The second-order valence-electron chi connectivity index (χ2n) is 4.60. The minimum Gasteiger partial charge on any atom is -0.384 e. The van der Waals surface area contributed by atoms with E-state index in [1.807, 2.05) is 0 Å². The lowest BCUT2D eigenvalue weighted by Gasteiger charge is -2.12. The summed E-state index contributed by atoms with van der Waals surface area (Å²) in [7, 11) is -4.77. The van der Waals surface area contributed by atoms with Crippen LogP contribution in [0.3, 0.4) is 0 Å². The molecule has 0 spiro atoms. The summed E-state index contributed by atoms with van der Waals surface area (Å²) in [6.07, 6.45) is 1.54. The second-order valence-corrected chi connectivity index (χ2v) is 8.14. The highest BCUT2D eigenvalue weighted by atomic mass is 32.2. The zero-order valence-electron chi connectivity index (χ0n) is 12.2. The van der Waals surface area contributed by atoms with Gasteiger partial charge in [-0.05, 0) is 31.5 Å². The Labute approximate surface area is 128 Å². The summed E-state index contributed by atoms with van der Waals surface area (Å²) in [6.45, 7) is 3.24. The number of aliphatic hydroxyl groups excluding tert-OH is 1. The van der Waals surface area contributed by atoms with Crippen molar-refractivity contribution in [2.24, 2.45) is 0 Å². The molecule has 0 aliphatic rings. The normalized spacial score (nSPS) is 14.1. The molecule has 0 fully saturated rings. The molecule has 7 heteroatoms. The molecule has 0 saturated carbocycles. The van der Waals surface area contributed by atoms with Crippen molar-refractivity contribution in [3.8, 4) is 11.8 Å². The van der Waals surface area contributed by atoms with Crippen LogP contribution in [0.15, 0.2) is 23.1 Å². The molecule has 0 aliphatic heterocycles. The number of aliphatic hydroxyl groups is 1. The van der Waals surface area contributed by atoms with Crippen molar-refractivity contribution in [1.82, 2.24) is 4.72 Å². The number of hydrogen-bond donors (Lipinski definition) is 2. The van der Waals surface area contributed by atoms with Crippen molar-refractivity contribution in [2.45, 2.75) is 24.0 Å². The molecule has 1 aromatic rings. The van der Waals surface area contributed by atoms with E-state index in [0.717, 1.165) is 0 Å². The van der Waals surface area contributed by atoms with Gasteiger partial charge in [0.05, 0.1) is 4.90 Å². The first-order valence-electron chi connectivity index (χ1n) is 6.30. The Morgan fingerprint density at radius 1 is 1.43 bits per heavy atom. The van der Waals surface area contributed by atoms with Crippen molar-refractivity contribution < 1.29 is 17.7 Å². The summed E-state index contributed by atoms with van der Waals surface area (Å²) in [4.78, 5) is 0.140. The summed E-state index contributed by atoms with van der Waals surface area (Å²) in [5.41, 5.74) is 1.12. The summed E-state index contributed by atoms with van der Waals surface area (Å²) in [5.74, 6) is 5.15. The van der Waals surface area contributed by atoms with Crippen LogP contribution < -0.4 is 4.72 Å². The Balaban J connectivity index is 3.04. The number of rotatable bonds is 5. The number of hydrogen-bond acceptors (Lipinski definition) is 4. The standard InChI is InChI=1S/C14H19NO4S2/c1-11-6-7-13(5-4-8-16)9-14(11)21(18,19)15-10-12(2)20(3)17/h6-7,9,12,15-16H,8,10H2,1-3H3. The van der Waals surface area contributed by atoms with Crippen molar-refractivity contribution in [3.63, 3.8) is 0 Å². The van der Waals surface area contributed by atoms with Crippen LogP contribution in [-0.2, 0) is 20.8 Å². The first kappa shape index (κ1) is 17.9. The Morgan fingerprint density at radius 3 is 2.67 bits per heavy atom. The van der Waals surface area contributed by atoms with Gasteiger partial charge in [0.1, 0.15) is 6.61 Å². The van der Waals surface area contributed by atoms with Crippen molar-refractivity contribution in [2.75, 3.05) is 19.4 Å². The van der Waals surface area contributed by atoms with E-state index >= 15 is 0 Å². The van der Waals surface area contributed by atoms with Crippen LogP contribution in [0.4, 0.5) is 0 Å². The number of benzene rings is 1. The minimum absolute atomic E-state index is 0.109. The highest BCUT2D eigenvalue weighted by molar-refractivity contribution is 7.89. The predicted molar refractivity (Wildman–Crippen MR) is 83.9 cm³/mol. The fraction of sp³-hybridized carbons (Fsp3) is 0.429. The van der Waals surface area contributed by atoms with E-state index in [-0.39, 0.29) is 23.3 Å². The Morgan fingerprint density at radius 2 is 2.10 bits per heavy atom. The van der Waals surface area contributed by atoms with Gasteiger partial charge in [-0.25, -0.2) is 13.1 Å². The molecule has 116 valence electrons. The SMILES string of the molecule is Cc1ccc(C#CCO)cc1S(=O)(=O)NCC(C)S(C)=O. The third-order valence-electron chi connectivity index (χ3n) is 2.92. The summed E-state index contributed by atoms with van der Waals surface area (Å²) in [6, 6.07) is 4.83. The van der Waals surface area contributed by atoms with Gasteiger partial charge >= 0.3 is 0 Å². The summed E-state index contributed by atoms with van der Waals surface area (Å²) < 4.78 is 38.3. The van der Waals surface area contributed by atoms with E-state index in [1.54, 1.807) is 26.0 Å². The summed E-state index contributed by atoms with van der Waals surface area (Å²) in [5, 5.41) is 8.41. The first-order valence-corrected chi connectivity index (χ1v) is 9.40. The Kier molecular flexibility index (Phi) is 6.55. The third kappa shape index (κ3) is 5.25. The molecule has 2 atom stereocenters. The zero-order chi connectivity index (χ0) is 16.0. The van der Waals surface area contributed by atoms with Gasteiger partial charge in [-0.15, -0.1) is 0 Å². The fourth-order valence-electron chi connectivity index (χ4n) is 1.53. The molecule has 2 N–H and O–H groups in total. The molecular weight excluding hydrogens is 310 g/mol. The van der Waals surface area contributed by atoms with E-state index in [2.05, 4.69) is 16.6 Å². The van der Waals surface area contributed by atoms with Crippen LogP contribution in [-0.4, -0.2) is 42.4 Å².